The second kappa shape index (κ2) is 5.45. The van der Waals surface area contributed by atoms with E-state index >= 15 is 0 Å². The van der Waals surface area contributed by atoms with Crippen molar-refractivity contribution in [3.05, 3.63) is 42.2 Å². The summed E-state index contributed by atoms with van der Waals surface area (Å²) < 4.78 is 0. The van der Waals surface area contributed by atoms with E-state index in [2.05, 4.69) is 30.7 Å². The first-order valence-corrected chi connectivity index (χ1v) is 5.40. The largest absolute Gasteiger partial charge is 0.344 e. The SMILES string of the molecule is C=CC(=O)NC(c1ncccc1C)C(C)C. The summed E-state index contributed by atoms with van der Waals surface area (Å²) in [5.74, 6) is 0.126. The van der Waals surface area contributed by atoms with Gasteiger partial charge in [-0.2, -0.15) is 0 Å². The Labute approximate surface area is 96.6 Å². The molecule has 86 valence electrons. The fraction of sp³-hybridized carbons (Fsp3) is 0.385. The average Bonchev–Trinajstić information content (AvgIpc) is 2.26. The molecule has 0 spiro atoms. The van der Waals surface area contributed by atoms with Crippen LogP contribution in [0.4, 0.5) is 0 Å². The number of nitrogens with zero attached hydrogens (tertiary/aromatic N) is 1. The first kappa shape index (κ1) is 12.4. The van der Waals surface area contributed by atoms with Crippen LogP contribution in [0.15, 0.2) is 31.0 Å². The minimum Gasteiger partial charge on any atom is -0.344 e. The van der Waals surface area contributed by atoms with Gasteiger partial charge in [-0.3, -0.25) is 9.78 Å². The zero-order valence-corrected chi connectivity index (χ0v) is 10.0. The molecule has 1 amide bonds. The Morgan fingerprint density at radius 2 is 2.25 bits per heavy atom. The minimum atomic E-state index is -0.163. The molecule has 3 heteroatoms. The Hall–Kier alpha value is -1.64. The molecule has 16 heavy (non-hydrogen) atoms. The molecule has 0 bridgehead atoms. The maximum Gasteiger partial charge on any atom is 0.243 e. The number of nitrogens with one attached hydrogen (secondary N) is 1. The Balaban J connectivity index is 2.98. The van der Waals surface area contributed by atoms with E-state index in [0.717, 1.165) is 11.3 Å². The van der Waals surface area contributed by atoms with E-state index in [1.54, 1.807) is 6.20 Å². The third-order valence-electron chi connectivity index (χ3n) is 2.49. The molecule has 0 saturated carbocycles. The van der Waals surface area contributed by atoms with Crippen molar-refractivity contribution in [2.24, 2.45) is 5.92 Å². The highest BCUT2D eigenvalue weighted by molar-refractivity contribution is 5.87. The van der Waals surface area contributed by atoms with E-state index in [4.69, 9.17) is 0 Å². The Kier molecular flexibility index (Phi) is 4.23. The number of pyridine rings is 1. The molecular weight excluding hydrogens is 200 g/mol. The molecule has 1 atom stereocenters. The standard InChI is InChI=1S/C13H18N2O/c1-5-11(16)15-12(9(2)3)13-10(4)7-6-8-14-13/h5-9,12H,1H2,2-4H3,(H,15,16). The Morgan fingerprint density at radius 1 is 1.56 bits per heavy atom. The van der Waals surface area contributed by atoms with E-state index in [9.17, 15) is 4.79 Å². The summed E-state index contributed by atoms with van der Waals surface area (Å²) in [5.41, 5.74) is 2.01. The van der Waals surface area contributed by atoms with Crippen molar-refractivity contribution < 1.29 is 4.79 Å². The smallest absolute Gasteiger partial charge is 0.243 e. The van der Waals surface area contributed by atoms with E-state index < -0.39 is 0 Å². The molecule has 1 N–H and O–H groups in total. The first-order chi connectivity index (χ1) is 7.56. The van der Waals surface area contributed by atoms with Crippen LogP contribution in [0, 0.1) is 12.8 Å². The summed E-state index contributed by atoms with van der Waals surface area (Å²) >= 11 is 0. The molecule has 0 saturated heterocycles. The second-order valence-corrected chi connectivity index (χ2v) is 4.14. The van der Waals surface area contributed by atoms with Gasteiger partial charge in [-0.15, -0.1) is 0 Å². The monoisotopic (exact) mass is 218 g/mol. The zero-order chi connectivity index (χ0) is 12.1. The van der Waals surface area contributed by atoms with Crippen LogP contribution in [0.5, 0.6) is 0 Å². The molecule has 0 aliphatic rings. The van der Waals surface area contributed by atoms with Crippen LogP contribution < -0.4 is 5.32 Å². The molecule has 0 aliphatic carbocycles. The molecule has 1 aromatic rings. The number of amides is 1. The number of carbonyl (C=O) groups is 1. The quantitative estimate of drug-likeness (QED) is 0.788. The van der Waals surface area contributed by atoms with Gasteiger partial charge in [-0.25, -0.2) is 0 Å². The van der Waals surface area contributed by atoms with Crippen molar-refractivity contribution in [2.75, 3.05) is 0 Å². The van der Waals surface area contributed by atoms with Gasteiger partial charge in [0, 0.05) is 6.20 Å². The molecule has 0 aliphatic heterocycles. The van der Waals surface area contributed by atoms with E-state index in [0.29, 0.717) is 0 Å². The van der Waals surface area contributed by atoms with Crippen molar-refractivity contribution in [1.29, 1.82) is 0 Å². The van der Waals surface area contributed by atoms with Crippen LogP contribution in [0.3, 0.4) is 0 Å². The highest BCUT2D eigenvalue weighted by atomic mass is 16.1. The normalized spacial score (nSPS) is 12.2. The Bertz CT molecular complexity index is 385. The van der Waals surface area contributed by atoms with E-state index in [1.807, 2.05) is 19.1 Å². The van der Waals surface area contributed by atoms with E-state index in [1.165, 1.54) is 6.08 Å². The second-order valence-electron chi connectivity index (χ2n) is 4.14. The summed E-state index contributed by atoms with van der Waals surface area (Å²) in [4.78, 5) is 15.7. The van der Waals surface area contributed by atoms with Crippen molar-refractivity contribution >= 4 is 5.91 Å². The van der Waals surface area contributed by atoms with Crippen molar-refractivity contribution in [3.8, 4) is 0 Å². The van der Waals surface area contributed by atoms with Gasteiger partial charge in [0.1, 0.15) is 0 Å². The molecule has 1 heterocycles. The molecular formula is C13H18N2O. The molecule has 1 aromatic heterocycles. The average molecular weight is 218 g/mol. The summed E-state index contributed by atoms with van der Waals surface area (Å²) in [6, 6.07) is 3.83. The van der Waals surface area contributed by atoms with Crippen LogP contribution in [-0.2, 0) is 4.79 Å². The predicted octanol–water partition coefficient (Wildman–Crippen LogP) is 2.39. The third kappa shape index (κ3) is 2.92. The van der Waals surface area contributed by atoms with Crippen LogP contribution >= 0.6 is 0 Å². The Morgan fingerprint density at radius 3 is 2.75 bits per heavy atom. The summed E-state index contributed by atoms with van der Waals surface area (Å²) in [6.07, 6.45) is 3.03. The highest BCUT2D eigenvalue weighted by Gasteiger charge is 2.19. The van der Waals surface area contributed by atoms with Crippen LogP contribution in [0.1, 0.15) is 31.1 Å². The summed E-state index contributed by atoms with van der Waals surface area (Å²) in [5, 5.41) is 2.90. The molecule has 1 rings (SSSR count). The van der Waals surface area contributed by atoms with Gasteiger partial charge < -0.3 is 5.32 Å². The lowest BCUT2D eigenvalue weighted by Crippen LogP contribution is -2.31. The van der Waals surface area contributed by atoms with E-state index in [-0.39, 0.29) is 17.9 Å². The number of carbonyl (C=O) groups excluding carboxylic acids is 1. The molecule has 0 fully saturated rings. The number of aryl methyl sites for hydroxylation is 1. The topological polar surface area (TPSA) is 42.0 Å². The van der Waals surface area contributed by atoms with Crippen LogP contribution in [0.2, 0.25) is 0 Å². The van der Waals surface area contributed by atoms with Crippen molar-refractivity contribution in [2.45, 2.75) is 26.8 Å². The first-order valence-electron chi connectivity index (χ1n) is 5.40. The lowest BCUT2D eigenvalue weighted by Gasteiger charge is -2.22. The number of hydrogen-bond donors (Lipinski definition) is 1. The maximum atomic E-state index is 11.4. The van der Waals surface area contributed by atoms with Crippen LogP contribution in [0.25, 0.3) is 0 Å². The fourth-order valence-electron chi connectivity index (χ4n) is 1.59. The lowest BCUT2D eigenvalue weighted by molar-refractivity contribution is -0.117. The van der Waals surface area contributed by atoms with Gasteiger partial charge in [-0.05, 0) is 30.5 Å². The van der Waals surface area contributed by atoms with Gasteiger partial charge in [0.05, 0.1) is 11.7 Å². The van der Waals surface area contributed by atoms with Gasteiger partial charge in [0.2, 0.25) is 5.91 Å². The van der Waals surface area contributed by atoms with Crippen LogP contribution in [-0.4, -0.2) is 10.9 Å². The number of hydrogen-bond acceptors (Lipinski definition) is 2. The fourth-order valence-corrected chi connectivity index (χ4v) is 1.59. The lowest BCUT2D eigenvalue weighted by atomic mass is 9.97. The third-order valence-corrected chi connectivity index (χ3v) is 2.49. The van der Waals surface area contributed by atoms with Crippen molar-refractivity contribution in [1.82, 2.24) is 10.3 Å². The number of aromatic nitrogens is 1. The molecule has 0 aromatic carbocycles. The van der Waals surface area contributed by atoms with Gasteiger partial charge in [-0.1, -0.05) is 26.5 Å². The van der Waals surface area contributed by atoms with Gasteiger partial charge in [0.25, 0.3) is 0 Å². The maximum absolute atomic E-state index is 11.4. The zero-order valence-electron chi connectivity index (χ0n) is 10.0. The highest BCUT2D eigenvalue weighted by Crippen LogP contribution is 2.22. The minimum absolute atomic E-state index is 0.0632. The number of rotatable bonds is 4. The predicted molar refractivity (Wildman–Crippen MR) is 64.9 cm³/mol. The molecule has 3 nitrogen and oxygen atoms in total. The van der Waals surface area contributed by atoms with Gasteiger partial charge >= 0.3 is 0 Å². The summed E-state index contributed by atoms with van der Waals surface area (Å²) in [6.45, 7) is 9.57. The molecule has 0 radical (unpaired) electrons. The van der Waals surface area contributed by atoms with Gasteiger partial charge in [0.15, 0.2) is 0 Å². The van der Waals surface area contributed by atoms with Crippen molar-refractivity contribution in [3.63, 3.8) is 0 Å². The summed E-state index contributed by atoms with van der Waals surface area (Å²) in [7, 11) is 0. The molecule has 1 unspecified atom stereocenters.